The minimum atomic E-state index is -0.590. The molecule has 1 N–H and O–H groups in total. The van der Waals surface area contributed by atoms with Crippen molar-refractivity contribution in [1.29, 1.82) is 0 Å². The van der Waals surface area contributed by atoms with Gasteiger partial charge in [0.15, 0.2) is 0 Å². The summed E-state index contributed by atoms with van der Waals surface area (Å²) in [5, 5.41) is 2.15. The van der Waals surface area contributed by atoms with Gasteiger partial charge in [-0.05, 0) is 18.8 Å². The molecule has 0 aromatic rings. The summed E-state index contributed by atoms with van der Waals surface area (Å²) < 4.78 is 5.20. The smallest absolute Gasteiger partial charge is 0.330 e. The van der Waals surface area contributed by atoms with Crippen LogP contribution in [-0.4, -0.2) is 42.5 Å². The van der Waals surface area contributed by atoms with Crippen LogP contribution in [0.3, 0.4) is 0 Å². The van der Waals surface area contributed by atoms with E-state index in [2.05, 4.69) is 5.32 Å². The minimum Gasteiger partial charge on any atom is -0.381 e. The van der Waals surface area contributed by atoms with E-state index in [9.17, 15) is 14.4 Å². The highest BCUT2D eigenvalue weighted by atomic mass is 16.5. The lowest BCUT2D eigenvalue weighted by Gasteiger charge is -2.30. The summed E-state index contributed by atoms with van der Waals surface area (Å²) in [6.07, 6.45) is 1.48. The molecule has 0 spiro atoms. The lowest BCUT2D eigenvalue weighted by Crippen LogP contribution is -2.54. The highest BCUT2D eigenvalue weighted by molar-refractivity contribution is 6.14. The van der Waals surface area contributed by atoms with Gasteiger partial charge in [0.05, 0.1) is 0 Å². The van der Waals surface area contributed by atoms with Gasteiger partial charge in [-0.3, -0.25) is 19.8 Å². The third-order valence-corrected chi connectivity index (χ3v) is 2.89. The first-order valence-electron chi connectivity index (χ1n) is 5.39. The molecule has 4 amide bonds. The molecule has 6 nitrogen and oxygen atoms in total. The number of rotatable bonds is 2. The van der Waals surface area contributed by atoms with E-state index in [4.69, 9.17) is 4.74 Å². The maximum atomic E-state index is 11.5. The molecule has 2 saturated heterocycles. The number of barbiturate groups is 1. The van der Waals surface area contributed by atoms with Crippen molar-refractivity contribution in [2.75, 3.05) is 19.8 Å². The molecule has 2 heterocycles. The first kappa shape index (κ1) is 11.1. The van der Waals surface area contributed by atoms with Crippen LogP contribution in [0.5, 0.6) is 0 Å². The molecular formula is C10H14N2O4. The summed E-state index contributed by atoms with van der Waals surface area (Å²) >= 11 is 0. The van der Waals surface area contributed by atoms with E-state index in [0.717, 1.165) is 17.7 Å². The fourth-order valence-corrected chi connectivity index (χ4v) is 1.95. The molecule has 2 rings (SSSR count). The van der Waals surface area contributed by atoms with Gasteiger partial charge < -0.3 is 4.74 Å². The second-order valence-corrected chi connectivity index (χ2v) is 4.09. The van der Waals surface area contributed by atoms with Crippen molar-refractivity contribution in [2.45, 2.75) is 19.3 Å². The number of carbonyl (C=O) groups is 3. The summed E-state index contributed by atoms with van der Waals surface area (Å²) in [6, 6.07) is -0.590. The topological polar surface area (TPSA) is 75.7 Å². The lowest BCUT2D eigenvalue weighted by atomic mass is 9.99. The van der Waals surface area contributed by atoms with Crippen LogP contribution in [0.2, 0.25) is 0 Å². The molecule has 0 atom stereocenters. The Bertz CT molecular complexity index is 303. The van der Waals surface area contributed by atoms with Crippen LogP contribution in [0.1, 0.15) is 19.3 Å². The number of nitrogens with zero attached hydrogens (tertiary/aromatic N) is 1. The molecule has 0 saturated carbocycles. The first-order valence-corrected chi connectivity index (χ1v) is 5.39. The average Bonchev–Trinajstić information content (AvgIpc) is 2.25. The monoisotopic (exact) mass is 226 g/mol. The molecule has 0 aliphatic carbocycles. The number of hydrogen-bond donors (Lipinski definition) is 1. The van der Waals surface area contributed by atoms with E-state index >= 15 is 0 Å². The van der Waals surface area contributed by atoms with Gasteiger partial charge in [-0.25, -0.2) is 4.79 Å². The van der Waals surface area contributed by atoms with Crippen LogP contribution in [0.4, 0.5) is 4.79 Å². The molecule has 0 bridgehead atoms. The van der Waals surface area contributed by atoms with Crippen LogP contribution in [0, 0.1) is 5.92 Å². The Balaban J connectivity index is 1.94. The van der Waals surface area contributed by atoms with Crippen molar-refractivity contribution >= 4 is 17.8 Å². The van der Waals surface area contributed by atoms with Crippen LogP contribution in [-0.2, 0) is 14.3 Å². The Morgan fingerprint density at radius 3 is 2.56 bits per heavy atom. The van der Waals surface area contributed by atoms with Crippen molar-refractivity contribution in [2.24, 2.45) is 5.92 Å². The molecule has 16 heavy (non-hydrogen) atoms. The van der Waals surface area contributed by atoms with Crippen molar-refractivity contribution in [1.82, 2.24) is 10.2 Å². The molecule has 0 aromatic carbocycles. The van der Waals surface area contributed by atoms with Gasteiger partial charge in [0.2, 0.25) is 11.8 Å². The number of nitrogens with one attached hydrogen (secondary N) is 1. The fourth-order valence-electron chi connectivity index (χ4n) is 1.95. The Hall–Kier alpha value is -1.43. The zero-order valence-electron chi connectivity index (χ0n) is 8.90. The summed E-state index contributed by atoms with van der Waals surface area (Å²) in [5.74, 6) is -0.630. The quantitative estimate of drug-likeness (QED) is 0.666. The third-order valence-electron chi connectivity index (χ3n) is 2.89. The number of hydrogen-bond acceptors (Lipinski definition) is 4. The molecule has 2 fully saturated rings. The lowest BCUT2D eigenvalue weighted by molar-refractivity contribution is -0.136. The standard InChI is InChI=1S/C10H14N2O4/c13-8-5-9(14)12(10(15)11-8)6-7-1-3-16-4-2-7/h7H,1-6H2,(H,11,13,15). The van der Waals surface area contributed by atoms with E-state index in [0.29, 0.717) is 19.8 Å². The van der Waals surface area contributed by atoms with E-state index in [1.165, 1.54) is 0 Å². The predicted octanol–water partition coefficient (Wildman–Crippen LogP) is -0.119. The number of amides is 4. The second kappa shape index (κ2) is 4.61. The Kier molecular flexibility index (Phi) is 3.19. The molecule has 6 heteroatoms. The number of carbonyl (C=O) groups excluding carboxylic acids is 3. The van der Waals surface area contributed by atoms with Gasteiger partial charge in [0.25, 0.3) is 0 Å². The normalized spacial score (nSPS) is 23.5. The molecule has 0 radical (unpaired) electrons. The van der Waals surface area contributed by atoms with Crippen LogP contribution in [0.25, 0.3) is 0 Å². The second-order valence-electron chi connectivity index (χ2n) is 4.09. The Labute approximate surface area is 92.9 Å². The average molecular weight is 226 g/mol. The van der Waals surface area contributed by atoms with Crippen molar-refractivity contribution in [3.05, 3.63) is 0 Å². The Morgan fingerprint density at radius 1 is 1.25 bits per heavy atom. The van der Waals surface area contributed by atoms with Gasteiger partial charge >= 0.3 is 6.03 Å². The maximum Gasteiger partial charge on any atom is 0.330 e. The van der Waals surface area contributed by atoms with Gasteiger partial charge in [0, 0.05) is 19.8 Å². The summed E-state index contributed by atoms with van der Waals surface area (Å²) in [5.41, 5.74) is 0. The molecule has 88 valence electrons. The number of imide groups is 2. The van der Waals surface area contributed by atoms with Crippen LogP contribution < -0.4 is 5.32 Å². The van der Waals surface area contributed by atoms with E-state index < -0.39 is 17.8 Å². The summed E-state index contributed by atoms with van der Waals surface area (Å²) in [6.45, 7) is 1.74. The first-order chi connectivity index (χ1) is 7.66. The number of ether oxygens (including phenoxy) is 1. The fraction of sp³-hybridized carbons (Fsp3) is 0.700. The van der Waals surface area contributed by atoms with E-state index in [-0.39, 0.29) is 12.3 Å². The van der Waals surface area contributed by atoms with Crippen LogP contribution >= 0.6 is 0 Å². The molecular weight excluding hydrogens is 212 g/mol. The summed E-state index contributed by atoms with van der Waals surface area (Å²) in [4.78, 5) is 35.0. The molecule has 0 aromatic heterocycles. The van der Waals surface area contributed by atoms with Gasteiger partial charge in [-0.2, -0.15) is 0 Å². The highest BCUT2D eigenvalue weighted by Gasteiger charge is 2.32. The zero-order valence-corrected chi connectivity index (χ0v) is 8.90. The van der Waals surface area contributed by atoms with Crippen LogP contribution in [0.15, 0.2) is 0 Å². The highest BCUT2D eigenvalue weighted by Crippen LogP contribution is 2.17. The molecule has 2 aliphatic heterocycles. The zero-order chi connectivity index (χ0) is 11.5. The molecule has 0 unspecified atom stereocenters. The maximum absolute atomic E-state index is 11.5. The molecule has 2 aliphatic rings. The largest absolute Gasteiger partial charge is 0.381 e. The van der Waals surface area contributed by atoms with E-state index in [1.54, 1.807) is 0 Å². The summed E-state index contributed by atoms with van der Waals surface area (Å²) in [7, 11) is 0. The van der Waals surface area contributed by atoms with Crippen molar-refractivity contribution in [3.8, 4) is 0 Å². The van der Waals surface area contributed by atoms with Gasteiger partial charge in [-0.15, -0.1) is 0 Å². The van der Waals surface area contributed by atoms with Gasteiger partial charge in [0.1, 0.15) is 6.42 Å². The predicted molar refractivity (Wildman–Crippen MR) is 53.4 cm³/mol. The number of urea groups is 1. The van der Waals surface area contributed by atoms with E-state index in [1.807, 2.05) is 0 Å². The SMILES string of the molecule is O=C1CC(=O)N(CC2CCOCC2)C(=O)N1. The Morgan fingerprint density at radius 2 is 1.94 bits per heavy atom. The minimum absolute atomic E-state index is 0.227. The van der Waals surface area contributed by atoms with Gasteiger partial charge in [-0.1, -0.05) is 0 Å². The third kappa shape index (κ3) is 2.38. The van der Waals surface area contributed by atoms with Crippen molar-refractivity contribution < 1.29 is 19.1 Å². The van der Waals surface area contributed by atoms with Crippen molar-refractivity contribution in [3.63, 3.8) is 0 Å².